The number of hydrogen-bond acceptors (Lipinski definition) is 6. The van der Waals surface area contributed by atoms with Crippen molar-refractivity contribution in [2.75, 3.05) is 5.73 Å². The first kappa shape index (κ1) is 9.13. The number of rotatable bonds is 2. The molecule has 15 heavy (non-hydrogen) atoms. The molecule has 0 atom stereocenters. The van der Waals surface area contributed by atoms with Gasteiger partial charge in [0.1, 0.15) is 0 Å². The largest absolute Gasteiger partial charge is 0.365 e. The number of nitrogens with two attached hydrogens (primary N) is 1. The number of nitro groups is 1. The fraction of sp³-hybridized carbons (Fsp3) is 0. The first-order valence-electron chi connectivity index (χ1n) is 4.01. The van der Waals surface area contributed by atoms with Crippen LogP contribution >= 0.6 is 0 Å². The molecule has 0 aliphatic rings. The van der Waals surface area contributed by atoms with Gasteiger partial charge < -0.3 is 10.3 Å². The van der Waals surface area contributed by atoms with E-state index in [1.165, 1.54) is 24.3 Å². The highest BCUT2D eigenvalue weighted by molar-refractivity contribution is 5.56. The topological polar surface area (TPSA) is 108 Å². The summed E-state index contributed by atoms with van der Waals surface area (Å²) in [7, 11) is 0. The highest BCUT2D eigenvalue weighted by atomic mass is 16.6. The Kier molecular flexibility index (Phi) is 2.05. The predicted octanol–water partition coefficient (Wildman–Crippen LogP) is 1.23. The molecular formula is C8H6N4O3. The number of non-ortho nitro benzene ring substituents is 1. The summed E-state index contributed by atoms with van der Waals surface area (Å²) in [5.74, 6) is 0.269. The molecule has 1 heterocycles. The van der Waals surface area contributed by atoms with E-state index in [2.05, 4.69) is 10.1 Å². The Morgan fingerprint density at radius 1 is 1.33 bits per heavy atom. The van der Waals surface area contributed by atoms with Crippen molar-refractivity contribution in [3.63, 3.8) is 0 Å². The Morgan fingerprint density at radius 3 is 2.47 bits per heavy atom. The van der Waals surface area contributed by atoms with Gasteiger partial charge in [-0.1, -0.05) is 0 Å². The second-order valence-corrected chi connectivity index (χ2v) is 2.76. The molecule has 2 rings (SSSR count). The molecule has 0 saturated heterocycles. The standard InChI is InChI=1S/C8H6N4O3/c9-8-10-7(15-11-8)5-1-3-6(4-2-5)12(13)14/h1-4H,(H2,9,11). The van der Waals surface area contributed by atoms with E-state index in [-0.39, 0.29) is 17.5 Å². The molecule has 1 aromatic heterocycles. The number of nitrogens with zero attached hydrogens (tertiary/aromatic N) is 3. The van der Waals surface area contributed by atoms with Gasteiger partial charge in [-0.05, 0) is 17.3 Å². The van der Waals surface area contributed by atoms with Crippen LogP contribution in [0, 0.1) is 10.1 Å². The maximum absolute atomic E-state index is 10.4. The molecule has 1 aromatic carbocycles. The fourth-order valence-corrected chi connectivity index (χ4v) is 1.08. The molecule has 0 aliphatic heterocycles. The first-order chi connectivity index (χ1) is 7.16. The highest BCUT2D eigenvalue weighted by Crippen LogP contribution is 2.20. The van der Waals surface area contributed by atoms with Crippen LogP contribution in [-0.2, 0) is 0 Å². The molecule has 7 heteroatoms. The minimum atomic E-state index is -0.480. The van der Waals surface area contributed by atoms with Gasteiger partial charge in [0.15, 0.2) is 0 Å². The smallest absolute Gasteiger partial charge is 0.269 e. The Hall–Kier alpha value is -2.44. The highest BCUT2D eigenvalue weighted by Gasteiger charge is 2.09. The van der Waals surface area contributed by atoms with Crippen molar-refractivity contribution in [2.45, 2.75) is 0 Å². The van der Waals surface area contributed by atoms with E-state index >= 15 is 0 Å². The van der Waals surface area contributed by atoms with Gasteiger partial charge in [-0.3, -0.25) is 10.1 Å². The van der Waals surface area contributed by atoms with E-state index in [4.69, 9.17) is 10.3 Å². The van der Waals surface area contributed by atoms with Gasteiger partial charge in [0.25, 0.3) is 17.5 Å². The van der Waals surface area contributed by atoms with Gasteiger partial charge in [-0.2, -0.15) is 4.98 Å². The zero-order valence-corrected chi connectivity index (χ0v) is 7.45. The summed E-state index contributed by atoms with van der Waals surface area (Å²) in [4.78, 5) is 13.7. The van der Waals surface area contributed by atoms with Crippen LogP contribution in [0.5, 0.6) is 0 Å². The van der Waals surface area contributed by atoms with E-state index in [1.807, 2.05) is 0 Å². The van der Waals surface area contributed by atoms with Gasteiger partial charge in [-0.15, -0.1) is 0 Å². The van der Waals surface area contributed by atoms with Crippen LogP contribution in [0.1, 0.15) is 0 Å². The third-order valence-electron chi connectivity index (χ3n) is 1.77. The van der Waals surface area contributed by atoms with Crippen LogP contribution in [-0.4, -0.2) is 15.1 Å². The molecule has 0 aliphatic carbocycles. The number of nitro benzene ring substituents is 1. The Morgan fingerprint density at radius 2 is 2.00 bits per heavy atom. The van der Waals surface area contributed by atoms with Gasteiger partial charge in [-0.25, -0.2) is 0 Å². The second kappa shape index (κ2) is 3.37. The predicted molar refractivity (Wildman–Crippen MR) is 50.8 cm³/mol. The van der Waals surface area contributed by atoms with Crippen molar-refractivity contribution >= 4 is 11.6 Å². The first-order valence-corrected chi connectivity index (χ1v) is 4.01. The quantitative estimate of drug-likeness (QED) is 0.584. The van der Waals surface area contributed by atoms with Crippen LogP contribution in [0.15, 0.2) is 28.8 Å². The summed E-state index contributed by atoms with van der Waals surface area (Å²) >= 11 is 0. The number of anilines is 1. The van der Waals surface area contributed by atoms with E-state index in [0.29, 0.717) is 5.56 Å². The Labute approximate surface area is 83.7 Å². The zero-order chi connectivity index (χ0) is 10.8. The molecule has 0 saturated carbocycles. The summed E-state index contributed by atoms with van der Waals surface area (Å²) in [6.07, 6.45) is 0. The monoisotopic (exact) mass is 206 g/mol. The lowest BCUT2D eigenvalue weighted by atomic mass is 10.2. The molecule has 0 fully saturated rings. The molecule has 2 N–H and O–H groups in total. The molecule has 0 amide bonds. The van der Waals surface area contributed by atoms with Crippen molar-refractivity contribution < 1.29 is 9.45 Å². The third-order valence-corrected chi connectivity index (χ3v) is 1.77. The average Bonchev–Trinajstić information content (AvgIpc) is 2.65. The SMILES string of the molecule is Nc1noc(-c2ccc([N+](=O)[O-])cc2)n1. The van der Waals surface area contributed by atoms with Crippen LogP contribution in [0.2, 0.25) is 0 Å². The van der Waals surface area contributed by atoms with Crippen LogP contribution < -0.4 is 5.73 Å². The number of benzene rings is 1. The summed E-state index contributed by atoms with van der Waals surface area (Å²) in [6, 6.07) is 5.75. The minimum Gasteiger partial charge on any atom is -0.365 e. The maximum Gasteiger partial charge on any atom is 0.269 e. The lowest BCUT2D eigenvalue weighted by Crippen LogP contribution is -1.88. The lowest BCUT2D eigenvalue weighted by Gasteiger charge is -1.93. The van der Waals surface area contributed by atoms with Gasteiger partial charge in [0.2, 0.25) is 0 Å². The van der Waals surface area contributed by atoms with Crippen molar-refractivity contribution in [3.8, 4) is 11.5 Å². The number of aromatic nitrogens is 2. The summed E-state index contributed by atoms with van der Waals surface area (Å²) in [5, 5.41) is 13.8. The summed E-state index contributed by atoms with van der Waals surface area (Å²) in [6.45, 7) is 0. The van der Waals surface area contributed by atoms with Gasteiger partial charge >= 0.3 is 0 Å². The maximum atomic E-state index is 10.4. The zero-order valence-electron chi connectivity index (χ0n) is 7.45. The van der Waals surface area contributed by atoms with Crippen molar-refractivity contribution in [1.82, 2.24) is 10.1 Å². The number of hydrogen-bond donors (Lipinski definition) is 1. The fourth-order valence-electron chi connectivity index (χ4n) is 1.08. The van der Waals surface area contributed by atoms with Crippen molar-refractivity contribution in [1.29, 1.82) is 0 Å². The summed E-state index contributed by atoms with van der Waals surface area (Å²) in [5.41, 5.74) is 5.86. The molecule has 76 valence electrons. The van der Waals surface area contributed by atoms with Gasteiger partial charge in [0.05, 0.1) is 4.92 Å². The van der Waals surface area contributed by atoms with E-state index in [1.54, 1.807) is 0 Å². The van der Waals surface area contributed by atoms with E-state index in [9.17, 15) is 10.1 Å². The number of nitrogen functional groups attached to an aromatic ring is 1. The van der Waals surface area contributed by atoms with E-state index in [0.717, 1.165) is 0 Å². The minimum absolute atomic E-state index is 0.00578. The molecule has 0 bridgehead atoms. The Bertz CT molecular complexity index is 491. The molecule has 7 nitrogen and oxygen atoms in total. The van der Waals surface area contributed by atoms with Crippen LogP contribution in [0.4, 0.5) is 11.6 Å². The van der Waals surface area contributed by atoms with Crippen LogP contribution in [0.25, 0.3) is 11.5 Å². The lowest BCUT2D eigenvalue weighted by molar-refractivity contribution is -0.384. The normalized spacial score (nSPS) is 10.1. The van der Waals surface area contributed by atoms with Gasteiger partial charge in [0, 0.05) is 17.7 Å². The molecular weight excluding hydrogens is 200 g/mol. The second-order valence-electron chi connectivity index (χ2n) is 2.76. The molecule has 0 radical (unpaired) electrons. The third kappa shape index (κ3) is 1.75. The van der Waals surface area contributed by atoms with Crippen LogP contribution in [0.3, 0.4) is 0 Å². The van der Waals surface area contributed by atoms with Crippen molar-refractivity contribution in [2.24, 2.45) is 0 Å². The summed E-state index contributed by atoms with van der Waals surface area (Å²) < 4.78 is 4.79. The Balaban J connectivity index is 2.35. The average molecular weight is 206 g/mol. The van der Waals surface area contributed by atoms with Crippen molar-refractivity contribution in [3.05, 3.63) is 34.4 Å². The molecule has 0 spiro atoms. The molecule has 2 aromatic rings. The van der Waals surface area contributed by atoms with E-state index < -0.39 is 4.92 Å². The molecule has 0 unspecified atom stereocenters.